The summed E-state index contributed by atoms with van der Waals surface area (Å²) in [5.41, 5.74) is -0.0377. The van der Waals surface area contributed by atoms with Crippen molar-refractivity contribution in [2.45, 2.75) is 0 Å². The number of fused-ring (bicyclic) bond motifs is 2. The van der Waals surface area contributed by atoms with Crippen molar-refractivity contribution < 1.29 is 24.1 Å². The molecule has 0 saturated carbocycles. The van der Waals surface area contributed by atoms with Crippen LogP contribution in [0.1, 0.15) is 10.4 Å². The van der Waals surface area contributed by atoms with Crippen molar-refractivity contribution in [1.82, 2.24) is 4.98 Å². The fraction of sp³-hybridized carbons (Fsp3) is 0.111. The first-order valence-corrected chi connectivity index (χ1v) is 7.71. The summed E-state index contributed by atoms with van der Waals surface area (Å²) in [6, 6.07) is 9.54. The molecule has 1 aliphatic rings. The summed E-state index contributed by atoms with van der Waals surface area (Å²) in [5, 5.41) is 13.3. The van der Waals surface area contributed by atoms with Crippen molar-refractivity contribution in [1.29, 1.82) is 0 Å². The average Bonchev–Trinajstić information content (AvgIpc) is 3.10. The Bertz CT molecular complexity index is 1090. The molecule has 4 rings (SSSR count). The van der Waals surface area contributed by atoms with Crippen LogP contribution < -0.4 is 25.1 Å². The zero-order valence-electron chi connectivity index (χ0n) is 13.7. The number of pyridine rings is 1. The van der Waals surface area contributed by atoms with E-state index in [0.717, 1.165) is 0 Å². The number of aromatic nitrogens is 1. The molecule has 0 atom stereocenters. The number of phenols is 1. The number of carbonyl (C=O) groups is 1. The van der Waals surface area contributed by atoms with Crippen LogP contribution in [0.25, 0.3) is 10.9 Å². The fourth-order valence-electron chi connectivity index (χ4n) is 2.75. The van der Waals surface area contributed by atoms with Crippen molar-refractivity contribution in [3.8, 4) is 23.0 Å². The lowest BCUT2D eigenvalue weighted by Gasteiger charge is -2.09. The normalized spacial score (nSPS) is 12.2. The molecule has 2 heterocycles. The van der Waals surface area contributed by atoms with E-state index in [4.69, 9.17) is 14.2 Å². The third kappa shape index (κ3) is 2.57. The van der Waals surface area contributed by atoms with Gasteiger partial charge in [0.05, 0.1) is 12.6 Å². The molecule has 8 heteroatoms. The first kappa shape index (κ1) is 15.8. The molecular weight excluding hydrogens is 340 g/mol. The van der Waals surface area contributed by atoms with Gasteiger partial charge < -0.3 is 29.6 Å². The molecule has 1 aromatic heterocycles. The number of nitrogens with one attached hydrogen (secondary N) is 2. The quantitative estimate of drug-likeness (QED) is 0.665. The van der Waals surface area contributed by atoms with Gasteiger partial charge in [0, 0.05) is 17.1 Å². The van der Waals surface area contributed by atoms with E-state index in [9.17, 15) is 14.7 Å². The molecule has 0 saturated heterocycles. The summed E-state index contributed by atoms with van der Waals surface area (Å²) in [6.07, 6.45) is 0. The van der Waals surface area contributed by atoms with E-state index in [1.54, 1.807) is 30.3 Å². The van der Waals surface area contributed by atoms with E-state index in [2.05, 4.69) is 10.3 Å². The second kappa shape index (κ2) is 5.99. The minimum atomic E-state index is -0.626. The van der Waals surface area contributed by atoms with Crippen LogP contribution >= 0.6 is 0 Å². The van der Waals surface area contributed by atoms with Crippen molar-refractivity contribution in [2.24, 2.45) is 0 Å². The molecule has 3 N–H and O–H groups in total. The average molecular weight is 354 g/mol. The van der Waals surface area contributed by atoms with Gasteiger partial charge in [-0.05, 0) is 30.3 Å². The third-order valence-electron chi connectivity index (χ3n) is 4.05. The summed E-state index contributed by atoms with van der Waals surface area (Å²) >= 11 is 0. The zero-order valence-corrected chi connectivity index (χ0v) is 13.7. The zero-order chi connectivity index (χ0) is 18.3. The molecule has 132 valence electrons. The number of aromatic amines is 1. The Morgan fingerprint density at radius 2 is 2.00 bits per heavy atom. The molecular formula is C18H14N2O6. The fourth-order valence-corrected chi connectivity index (χ4v) is 2.75. The summed E-state index contributed by atoms with van der Waals surface area (Å²) < 4.78 is 15.5. The van der Waals surface area contributed by atoms with Gasteiger partial charge in [-0.25, -0.2) is 0 Å². The number of benzene rings is 2. The Balaban J connectivity index is 1.68. The molecule has 0 radical (unpaired) electrons. The largest absolute Gasteiger partial charge is 0.503 e. The number of hydrogen-bond donors (Lipinski definition) is 3. The molecule has 0 fully saturated rings. The van der Waals surface area contributed by atoms with Crippen molar-refractivity contribution in [2.75, 3.05) is 19.2 Å². The number of hydrogen-bond acceptors (Lipinski definition) is 6. The Labute approximate surface area is 146 Å². The van der Waals surface area contributed by atoms with E-state index in [1.807, 2.05) is 0 Å². The Kier molecular flexibility index (Phi) is 3.65. The lowest BCUT2D eigenvalue weighted by Crippen LogP contribution is -2.23. The van der Waals surface area contributed by atoms with Gasteiger partial charge in [-0.15, -0.1) is 0 Å². The van der Waals surface area contributed by atoms with Crippen molar-refractivity contribution >= 4 is 22.5 Å². The van der Waals surface area contributed by atoms with Crippen molar-refractivity contribution in [3.63, 3.8) is 0 Å². The van der Waals surface area contributed by atoms with Gasteiger partial charge in [0.2, 0.25) is 6.79 Å². The maximum Gasteiger partial charge on any atom is 0.261 e. The monoisotopic (exact) mass is 354 g/mol. The first-order valence-electron chi connectivity index (χ1n) is 7.71. The summed E-state index contributed by atoms with van der Waals surface area (Å²) in [4.78, 5) is 27.3. The Morgan fingerprint density at radius 3 is 2.81 bits per heavy atom. The van der Waals surface area contributed by atoms with Crippen LogP contribution in [0.3, 0.4) is 0 Å². The summed E-state index contributed by atoms with van der Waals surface area (Å²) in [6.45, 7) is 0.129. The number of H-pyrrole nitrogens is 1. The summed E-state index contributed by atoms with van der Waals surface area (Å²) in [7, 11) is 1.41. The van der Waals surface area contributed by atoms with E-state index >= 15 is 0 Å². The number of carbonyl (C=O) groups excluding carboxylic acids is 1. The molecule has 2 aromatic carbocycles. The SMILES string of the molecule is COc1ccc2cc(C(=O)Nc3ccc4c(c3)OCO4)c(=O)[nH]c2c1O. The molecule has 8 nitrogen and oxygen atoms in total. The number of amides is 1. The van der Waals surface area contributed by atoms with E-state index in [0.29, 0.717) is 22.6 Å². The third-order valence-corrected chi connectivity index (χ3v) is 4.05. The topological polar surface area (TPSA) is 110 Å². The van der Waals surface area contributed by atoms with E-state index < -0.39 is 11.5 Å². The van der Waals surface area contributed by atoms with Crippen LogP contribution in [0.4, 0.5) is 5.69 Å². The molecule has 1 aliphatic heterocycles. The lowest BCUT2D eigenvalue weighted by molar-refractivity contribution is 0.102. The minimum Gasteiger partial charge on any atom is -0.503 e. The molecule has 0 bridgehead atoms. The predicted molar refractivity (Wildman–Crippen MR) is 93.3 cm³/mol. The van der Waals surface area contributed by atoms with Gasteiger partial charge in [-0.2, -0.15) is 0 Å². The Morgan fingerprint density at radius 1 is 1.19 bits per heavy atom. The molecule has 0 aliphatic carbocycles. The van der Waals surface area contributed by atoms with Crippen LogP contribution in [0.5, 0.6) is 23.0 Å². The molecule has 1 amide bonds. The van der Waals surface area contributed by atoms with Gasteiger partial charge in [-0.1, -0.05) is 0 Å². The molecule has 26 heavy (non-hydrogen) atoms. The second-order valence-electron chi connectivity index (χ2n) is 5.61. The van der Waals surface area contributed by atoms with Crippen LogP contribution in [0, 0.1) is 0 Å². The van der Waals surface area contributed by atoms with Gasteiger partial charge in [0.25, 0.3) is 11.5 Å². The number of phenolic OH excluding ortho intramolecular Hbond substituents is 1. The standard InChI is InChI=1S/C18H14N2O6/c1-24-13-4-2-9-6-11(18(23)20-15(9)16(13)21)17(22)19-10-3-5-12-14(7-10)26-8-25-12/h2-7,21H,8H2,1H3,(H,19,22)(H,20,23). The van der Waals surface area contributed by atoms with E-state index in [-0.39, 0.29) is 29.4 Å². The minimum absolute atomic E-state index is 0.0836. The highest BCUT2D eigenvalue weighted by molar-refractivity contribution is 6.06. The second-order valence-corrected chi connectivity index (χ2v) is 5.61. The van der Waals surface area contributed by atoms with Crippen LogP contribution in [-0.4, -0.2) is 29.9 Å². The number of aromatic hydroxyl groups is 1. The molecule has 0 spiro atoms. The van der Waals surface area contributed by atoms with Gasteiger partial charge in [0.15, 0.2) is 23.0 Å². The molecule has 3 aromatic rings. The van der Waals surface area contributed by atoms with Crippen LogP contribution in [0.2, 0.25) is 0 Å². The lowest BCUT2D eigenvalue weighted by atomic mass is 10.1. The predicted octanol–water partition coefficient (Wildman–Crippen LogP) is 2.22. The highest BCUT2D eigenvalue weighted by Crippen LogP contribution is 2.35. The highest BCUT2D eigenvalue weighted by Gasteiger charge is 2.17. The maximum atomic E-state index is 12.5. The van der Waals surface area contributed by atoms with Gasteiger partial charge in [0.1, 0.15) is 5.56 Å². The number of ether oxygens (including phenoxy) is 3. The maximum absolute atomic E-state index is 12.5. The van der Waals surface area contributed by atoms with E-state index in [1.165, 1.54) is 13.2 Å². The molecule has 0 unspecified atom stereocenters. The van der Waals surface area contributed by atoms with Gasteiger partial charge in [-0.3, -0.25) is 9.59 Å². The Hall–Kier alpha value is -3.68. The summed E-state index contributed by atoms with van der Waals surface area (Å²) in [5.74, 6) is 0.570. The van der Waals surface area contributed by atoms with Crippen LogP contribution in [0.15, 0.2) is 41.2 Å². The smallest absolute Gasteiger partial charge is 0.261 e. The number of anilines is 1. The number of rotatable bonds is 3. The van der Waals surface area contributed by atoms with Crippen LogP contribution in [-0.2, 0) is 0 Å². The van der Waals surface area contributed by atoms with Gasteiger partial charge >= 0.3 is 0 Å². The van der Waals surface area contributed by atoms with Crippen molar-refractivity contribution in [3.05, 3.63) is 52.3 Å². The number of methoxy groups -OCH3 is 1. The first-order chi connectivity index (χ1) is 12.6. The highest BCUT2D eigenvalue weighted by atomic mass is 16.7.